The highest BCUT2D eigenvalue weighted by atomic mass is 16.2. The van der Waals surface area contributed by atoms with Gasteiger partial charge in [0.1, 0.15) is 5.82 Å². The molecule has 0 aliphatic carbocycles. The van der Waals surface area contributed by atoms with E-state index < -0.39 is 0 Å². The predicted molar refractivity (Wildman–Crippen MR) is 100 cm³/mol. The molecule has 1 fully saturated rings. The van der Waals surface area contributed by atoms with Crippen molar-refractivity contribution in [3.63, 3.8) is 0 Å². The van der Waals surface area contributed by atoms with Crippen LogP contribution in [0, 0.1) is 6.92 Å². The minimum atomic E-state index is -0.274. The smallest absolute Gasteiger partial charge is 0.332 e. The fourth-order valence-electron chi connectivity index (χ4n) is 3.27. The Morgan fingerprint density at radius 2 is 1.56 bits per heavy atom. The van der Waals surface area contributed by atoms with Crippen LogP contribution >= 0.6 is 0 Å². The van der Waals surface area contributed by atoms with E-state index in [9.17, 15) is 9.59 Å². The van der Waals surface area contributed by atoms with Crippen molar-refractivity contribution in [3.8, 4) is 0 Å². The first-order valence-electron chi connectivity index (χ1n) is 8.75. The van der Waals surface area contributed by atoms with E-state index in [-0.39, 0.29) is 11.2 Å². The van der Waals surface area contributed by atoms with Crippen molar-refractivity contribution in [2.45, 2.75) is 13.3 Å². The highest BCUT2D eigenvalue weighted by molar-refractivity contribution is 5.39. The first-order chi connectivity index (χ1) is 12.0. The molecule has 6 heteroatoms. The van der Waals surface area contributed by atoms with E-state index in [1.165, 1.54) is 18.2 Å². The van der Waals surface area contributed by atoms with Gasteiger partial charge in [0.05, 0.1) is 0 Å². The van der Waals surface area contributed by atoms with Gasteiger partial charge in [-0.1, -0.05) is 29.8 Å². The first kappa shape index (κ1) is 17.5. The van der Waals surface area contributed by atoms with Crippen LogP contribution in [0.15, 0.2) is 39.9 Å². The number of anilines is 1. The van der Waals surface area contributed by atoms with Crippen LogP contribution in [0.5, 0.6) is 0 Å². The Balaban J connectivity index is 1.60. The molecule has 3 rings (SSSR count). The van der Waals surface area contributed by atoms with Gasteiger partial charge < -0.3 is 4.90 Å². The molecule has 0 bridgehead atoms. The maximum Gasteiger partial charge on any atom is 0.332 e. The minimum absolute atomic E-state index is 0.250. The van der Waals surface area contributed by atoms with E-state index in [4.69, 9.17) is 0 Å². The van der Waals surface area contributed by atoms with Crippen LogP contribution < -0.4 is 16.1 Å². The summed E-state index contributed by atoms with van der Waals surface area (Å²) in [7, 11) is 3.23. The second-order valence-electron chi connectivity index (χ2n) is 6.81. The normalized spacial score (nSPS) is 15.6. The molecule has 6 nitrogen and oxygen atoms in total. The van der Waals surface area contributed by atoms with Gasteiger partial charge in [0.25, 0.3) is 5.56 Å². The van der Waals surface area contributed by atoms with E-state index in [1.54, 1.807) is 17.7 Å². The van der Waals surface area contributed by atoms with E-state index in [1.807, 2.05) is 0 Å². The molecular weight excluding hydrogens is 316 g/mol. The van der Waals surface area contributed by atoms with Gasteiger partial charge in [-0.15, -0.1) is 0 Å². The molecule has 0 amide bonds. The second-order valence-corrected chi connectivity index (χ2v) is 6.81. The number of piperazine rings is 1. The molecule has 1 aromatic heterocycles. The molecule has 0 unspecified atom stereocenters. The summed E-state index contributed by atoms with van der Waals surface area (Å²) < 4.78 is 2.70. The summed E-state index contributed by atoms with van der Waals surface area (Å²) >= 11 is 0. The zero-order valence-corrected chi connectivity index (χ0v) is 15.2. The zero-order chi connectivity index (χ0) is 18.0. The number of rotatable bonds is 4. The van der Waals surface area contributed by atoms with Crippen molar-refractivity contribution in [2.75, 3.05) is 37.6 Å². The van der Waals surface area contributed by atoms with Crippen molar-refractivity contribution in [3.05, 3.63) is 62.3 Å². The number of hydrogen-bond acceptors (Lipinski definition) is 4. The molecule has 2 aromatic rings. The predicted octanol–water partition coefficient (Wildman–Crippen LogP) is 0.757. The lowest BCUT2D eigenvalue weighted by molar-refractivity contribution is 0.259. The Kier molecular flexibility index (Phi) is 5.08. The lowest BCUT2D eigenvalue weighted by atomic mass is 10.1. The van der Waals surface area contributed by atoms with Crippen molar-refractivity contribution >= 4 is 5.82 Å². The fourth-order valence-corrected chi connectivity index (χ4v) is 3.27. The second kappa shape index (κ2) is 7.27. The average molecular weight is 342 g/mol. The standard InChI is InChI=1S/C19H26N4O2/c1-15-4-6-16(7-5-15)8-9-22-10-12-23(13-11-22)17-14-18(24)21(3)19(25)20(17)2/h4-7,14H,8-13H2,1-3H3. The van der Waals surface area contributed by atoms with Crippen LogP contribution in [0.1, 0.15) is 11.1 Å². The quantitative estimate of drug-likeness (QED) is 0.823. The molecule has 1 aromatic carbocycles. The Morgan fingerprint density at radius 1 is 0.920 bits per heavy atom. The molecule has 1 aliphatic rings. The fraction of sp³-hybridized carbons (Fsp3) is 0.474. The summed E-state index contributed by atoms with van der Waals surface area (Å²) in [4.78, 5) is 28.6. The van der Waals surface area contributed by atoms with Crippen LogP contribution in [-0.4, -0.2) is 46.8 Å². The molecule has 134 valence electrons. The SMILES string of the molecule is Cc1ccc(CCN2CCN(c3cc(=O)n(C)c(=O)n3C)CC2)cc1. The van der Waals surface area contributed by atoms with E-state index in [2.05, 4.69) is 41.0 Å². The van der Waals surface area contributed by atoms with Crippen LogP contribution in [0.2, 0.25) is 0 Å². The largest absolute Gasteiger partial charge is 0.355 e. The summed E-state index contributed by atoms with van der Waals surface area (Å²) in [5.74, 6) is 0.714. The third-order valence-corrected chi connectivity index (χ3v) is 5.03. The monoisotopic (exact) mass is 342 g/mol. The molecule has 2 heterocycles. The van der Waals surface area contributed by atoms with Gasteiger partial charge in [-0.3, -0.25) is 18.8 Å². The summed E-state index contributed by atoms with van der Waals surface area (Å²) in [6.07, 6.45) is 1.05. The van der Waals surface area contributed by atoms with Crippen molar-refractivity contribution in [1.82, 2.24) is 14.0 Å². The Labute approximate surface area is 147 Å². The van der Waals surface area contributed by atoms with E-state index in [0.29, 0.717) is 5.82 Å². The van der Waals surface area contributed by atoms with E-state index >= 15 is 0 Å². The van der Waals surface area contributed by atoms with Crippen molar-refractivity contribution < 1.29 is 0 Å². The molecule has 0 atom stereocenters. The Morgan fingerprint density at radius 3 is 2.20 bits per heavy atom. The van der Waals surface area contributed by atoms with Gasteiger partial charge in [0, 0.05) is 52.9 Å². The lowest BCUT2D eigenvalue weighted by Crippen LogP contribution is -2.49. The highest BCUT2D eigenvalue weighted by Gasteiger charge is 2.20. The average Bonchev–Trinajstić information content (AvgIpc) is 2.63. The van der Waals surface area contributed by atoms with Gasteiger partial charge >= 0.3 is 5.69 Å². The zero-order valence-electron chi connectivity index (χ0n) is 15.2. The minimum Gasteiger partial charge on any atom is -0.355 e. The topological polar surface area (TPSA) is 50.5 Å². The molecule has 0 spiro atoms. The van der Waals surface area contributed by atoms with Crippen LogP contribution in [-0.2, 0) is 20.5 Å². The van der Waals surface area contributed by atoms with Crippen LogP contribution in [0.3, 0.4) is 0 Å². The van der Waals surface area contributed by atoms with Gasteiger partial charge in [-0.25, -0.2) is 4.79 Å². The van der Waals surface area contributed by atoms with Crippen molar-refractivity contribution in [2.24, 2.45) is 14.1 Å². The molecule has 0 saturated carbocycles. The summed E-state index contributed by atoms with van der Waals surface area (Å²) in [5.41, 5.74) is 2.13. The molecule has 25 heavy (non-hydrogen) atoms. The Bertz CT molecular complexity index is 843. The van der Waals surface area contributed by atoms with Gasteiger partial charge in [0.2, 0.25) is 0 Å². The summed E-state index contributed by atoms with van der Waals surface area (Å²) in [6.45, 7) is 6.67. The van der Waals surface area contributed by atoms with Gasteiger partial charge in [0.15, 0.2) is 0 Å². The van der Waals surface area contributed by atoms with E-state index in [0.717, 1.165) is 43.7 Å². The Hall–Kier alpha value is -2.34. The molecule has 0 N–H and O–H groups in total. The van der Waals surface area contributed by atoms with Crippen LogP contribution in [0.4, 0.5) is 5.82 Å². The highest BCUT2D eigenvalue weighted by Crippen LogP contribution is 2.13. The molecule has 1 aliphatic heterocycles. The van der Waals surface area contributed by atoms with Gasteiger partial charge in [-0.2, -0.15) is 0 Å². The van der Waals surface area contributed by atoms with Gasteiger partial charge in [-0.05, 0) is 18.9 Å². The first-order valence-corrected chi connectivity index (χ1v) is 8.75. The summed E-state index contributed by atoms with van der Waals surface area (Å²) in [5, 5.41) is 0. The number of aryl methyl sites for hydroxylation is 1. The summed E-state index contributed by atoms with van der Waals surface area (Å²) in [6, 6.07) is 10.3. The number of aromatic nitrogens is 2. The molecule has 0 radical (unpaired) electrons. The number of nitrogens with zero attached hydrogens (tertiary/aromatic N) is 4. The third kappa shape index (κ3) is 3.85. The van der Waals surface area contributed by atoms with Crippen molar-refractivity contribution in [1.29, 1.82) is 0 Å². The number of hydrogen-bond donors (Lipinski definition) is 0. The number of benzene rings is 1. The van der Waals surface area contributed by atoms with Crippen LogP contribution in [0.25, 0.3) is 0 Å². The molecular formula is C19H26N4O2. The molecule has 1 saturated heterocycles. The maximum absolute atomic E-state index is 12.1. The third-order valence-electron chi connectivity index (χ3n) is 5.03. The maximum atomic E-state index is 12.1. The lowest BCUT2D eigenvalue weighted by Gasteiger charge is -2.36.